The van der Waals surface area contributed by atoms with Gasteiger partial charge in [0.15, 0.2) is 0 Å². The molecule has 0 spiro atoms. The molecule has 0 radical (unpaired) electrons. The van der Waals surface area contributed by atoms with Crippen molar-refractivity contribution in [2.24, 2.45) is 0 Å². The molecule has 2 N–H and O–H groups in total. The lowest BCUT2D eigenvalue weighted by atomic mass is 10.4. The normalized spacial score (nSPS) is 10.8. The summed E-state index contributed by atoms with van der Waals surface area (Å²) in [5.74, 6) is 0.966. The summed E-state index contributed by atoms with van der Waals surface area (Å²) in [6.45, 7) is 2.01. The van der Waals surface area contributed by atoms with Crippen molar-refractivity contribution in [2.75, 3.05) is 11.5 Å². The number of nitrogens with zero attached hydrogens (tertiary/aromatic N) is 1. The van der Waals surface area contributed by atoms with E-state index in [2.05, 4.69) is 11.1 Å². The second-order valence-corrected chi connectivity index (χ2v) is 3.35. The quantitative estimate of drug-likeness (QED) is 0.573. The van der Waals surface area contributed by atoms with E-state index in [1.165, 1.54) is 0 Å². The highest BCUT2D eigenvalue weighted by atomic mass is 32.2. The molecule has 0 saturated heterocycles. The van der Waals surface area contributed by atoms with Crippen molar-refractivity contribution in [3.05, 3.63) is 30.5 Å². The van der Waals surface area contributed by atoms with Crippen molar-refractivity contribution in [2.45, 2.75) is 11.9 Å². The summed E-state index contributed by atoms with van der Waals surface area (Å²) in [5, 5.41) is 1.02. The lowest BCUT2D eigenvalue weighted by molar-refractivity contribution is 1.14. The Morgan fingerprint density at radius 3 is 3.00 bits per heavy atom. The molecule has 3 heteroatoms. The Morgan fingerprint density at radius 1 is 1.58 bits per heavy atom. The molecule has 0 unspecified atom stereocenters. The Labute approximate surface area is 76.9 Å². The lowest BCUT2D eigenvalue weighted by Gasteiger charge is -1.96. The van der Waals surface area contributed by atoms with Crippen LogP contribution in [0.1, 0.15) is 6.92 Å². The highest BCUT2D eigenvalue weighted by Gasteiger charge is 1.91. The molecule has 1 heterocycles. The summed E-state index contributed by atoms with van der Waals surface area (Å²) in [5.41, 5.74) is 6.21. The molecule has 12 heavy (non-hydrogen) atoms. The van der Waals surface area contributed by atoms with Crippen LogP contribution < -0.4 is 5.73 Å². The Kier molecular flexibility index (Phi) is 3.67. The standard InChI is InChI=1S/C9H12N2S/c1-2-3-6-12-9-5-4-8(10)7-11-9/h2-5,7H,6,10H2,1H3/b3-2+. The molecule has 0 aromatic carbocycles. The fourth-order valence-electron chi connectivity index (χ4n) is 0.707. The van der Waals surface area contributed by atoms with Gasteiger partial charge >= 0.3 is 0 Å². The Hall–Kier alpha value is -0.960. The van der Waals surface area contributed by atoms with E-state index < -0.39 is 0 Å². The molecule has 0 fully saturated rings. The average molecular weight is 180 g/mol. The van der Waals surface area contributed by atoms with E-state index in [0.29, 0.717) is 5.69 Å². The maximum Gasteiger partial charge on any atom is 0.0964 e. The van der Waals surface area contributed by atoms with Crippen LogP contribution in [0.25, 0.3) is 0 Å². The fourth-order valence-corrected chi connectivity index (χ4v) is 1.46. The van der Waals surface area contributed by atoms with Crippen molar-refractivity contribution in [1.29, 1.82) is 0 Å². The van der Waals surface area contributed by atoms with Crippen LogP contribution in [0.4, 0.5) is 5.69 Å². The molecule has 0 aliphatic carbocycles. The van der Waals surface area contributed by atoms with Crippen LogP contribution >= 0.6 is 11.8 Å². The Bertz CT molecular complexity index is 254. The van der Waals surface area contributed by atoms with Crippen LogP contribution in [0, 0.1) is 0 Å². The Morgan fingerprint density at radius 2 is 2.42 bits per heavy atom. The van der Waals surface area contributed by atoms with Gasteiger partial charge in [0.05, 0.1) is 16.9 Å². The van der Waals surface area contributed by atoms with E-state index in [0.717, 1.165) is 10.8 Å². The van der Waals surface area contributed by atoms with Crippen molar-refractivity contribution in [3.8, 4) is 0 Å². The molecule has 64 valence electrons. The molecule has 1 aromatic rings. The number of anilines is 1. The summed E-state index contributed by atoms with van der Waals surface area (Å²) in [7, 11) is 0. The number of hydrogen-bond donors (Lipinski definition) is 1. The Balaban J connectivity index is 2.47. The van der Waals surface area contributed by atoms with Gasteiger partial charge in [-0.15, -0.1) is 11.8 Å². The van der Waals surface area contributed by atoms with Crippen molar-refractivity contribution in [3.63, 3.8) is 0 Å². The van der Waals surface area contributed by atoms with E-state index in [-0.39, 0.29) is 0 Å². The first-order valence-corrected chi connectivity index (χ1v) is 4.77. The number of allylic oxidation sites excluding steroid dienone is 1. The second kappa shape index (κ2) is 4.83. The highest BCUT2D eigenvalue weighted by molar-refractivity contribution is 7.99. The summed E-state index contributed by atoms with van der Waals surface area (Å²) in [6, 6.07) is 3.80. The smallest absolute Gasteiger partial charge is 0.0964 e. The number of rotatable bonds is 3. The monoisotopic (exact) mass is 180 g/mol. The largest absolute Gasteiger partial charge is 0.397 e. The fraction of sp³-hybridized carbons (Fsp3) is 0.222. The van der Waals surface area contributed by atoms with Gasteiger partial charge in [-0.2, -0.15) is 0 Å². The molecule has 0 aliphatic heterocycles. The summed E-state index contributed by atoms with van der Waals surface area (Å²) < 4.78 is 0. The molecule has 0 amide bonds. The van der Waals surface area contributed by atoms with Crippen LogP contribution in [0.3, 0.4) is 0 Å². The van der Waals surface area contributed by atoms with Gasteiger partial charge in [0.25, 0.3) is 0 Å². The molecule has 0 aliphatic rings. The van der Waals surface area contributed by atoms with Gasteiger partial charge in [0, 0.05) is 5.75 Å². The molecular formula is C9H12N2S. The van der Waals surface area contributed by atoms with Crippen LogP contribution in [-0.4, -0.2) is 10.7 Å². The number of thioether (sulfide) groups is 1. The maximum absolute atomic E-state index is 5.50. The zero-order chi connectivity index (χ0) is 8.81. The minimum atomic E-state index is 0.713. The van der Waals surface area contributed by atoms with E-state index in [1.54, 1.807) is 18.0 Å². The van der Waals surface area contributed by atoms with Gasteiger partial charge in [-0.05, 0) is 19.1 Å². The minimum absolute atomic E-state index is 0.713. The molecule has 1 aromatic heterocycles. The summed E-state index contributed by atoms with van der Waals surface area (Å²) in [4.78, 5) is 4.15. The topological polar surface area (TPSA) is 38.9 Å². The second-order valence-electron chi connectivity index (χ2n) is 2.31. The molecule has 0 saturated carbocycles. The number of aromatic nitrogens is 1. The summed E-state index contributed by atoms with van der Waals surface area (Å²) in [6.07, 6.45) is 5.81. The molecule has 1 rings (SSSR count). The van der Waals surface area contributed by atoms with E-state index in [9.17, 15) is 0 Å². The first-order valence-electron chi connectivity index (χ1n) is 3.78. The van der Waals surface area contributed by atoms with Gasteiger partial charge < -0.3 is 5.73 Å². The van der Waals surface area contributed by atoms with E-state index >= 15 is 0 Å². The van der Waals surface area contributed by atoms with Gasteiger partial charge in [-0.1, -0.05) is 12.2 Å². The predicted octanol–water partition coefficient (Wildman–Crippen LogP) is 2.33. The predicted molar refractivity (Wildman–Crippen MR) is 54.2 cm³/mol. The lowest BCUT2D eigenvalue weighted by Crippen LogP contribution is -1.86. The van der Waals surface area contributed by atoms with Crippen LogP contribution in [0.5, 0.6) is 0 Å². The van der Waals surface area contributed by atoms with E-state index in [1.807, 2.05) is 25.1 Å². The van der Waals surface area contributed by atoms with E-state index in [4.69, 9.17) is 5.73 Å². The van der Waals surface area contributed by atoms with Crippen molar-refractivity contribution >= 4 is 17.4 Å². The van der Waals surface area contributed by atoms with Gasteiger partial charge in [0.2, 0.25) is 0 Å². The number of pyridine rings is 1. The van der Waals surface area contributed by atoms with Crippen molar-refractivity contribution < 1.29 is 0 Å². The van der Waals surface area contributed by atoms with Crippen LogP contribution in [-0.2, 0) is 0 Å². The number of nitrogen functional groups attached to an aromatic ring is 1. The van der Waals surface area contributed by atoms with Crippen LogP contribution in [0.2, 0.25) is 0 Å². The maximum atomic E-state index is 5.50. The van der Waals surface area contributed by atoms with Crippen molar-refractivity contribution in [1.82, 2.24) is 4.98 Å². The number of nitrogens with two attached hydrogens (primary N) is 1. The first kappa shape index (κ1) is 9.13. The molecular weight excluding hydrogens is 168 g/mol. The number of hydrogen-bond acceptors (Lipinski definition) is 3. The summed E-state index contributed by atoms with van der Waals surface area (Å²) >= 11 is 1.70. The molecule has 0 atom stereocenters. The van der Waals surface area contributed by atoms with Gasteiger partial charge in [-0.3, -0.25) is 0 Å². The third kappa shape index (κ3) is 2.96. The van der Waals surface area contributed by atoms with Crippen LogP contribution in [0.15, 0.2) is 35.5 Å². The van der Waals surface area contributed by atoms with Gasteiger partial charge in [-0.25, -0.2) is 4.98 Å². The molecule has 2 nitrogen and oxygen atoms in total. The zero-order valence-electron chi connectivity index (χ0n) is 7.03. The first-order chi connectivity index (χ1) is 5.83. The minimum Gasteiger partial charge on any atom is -0.397 e. The SMILES string of the molecule is C/C=C/CSc1ccc(N)cn1. The third-order valence-corrected chi connectivity index (χ3v) is 2.22. The third-order valence-electron chi connectivity index (χ3n) is 1.32. The molecule has 0 bridgehead atoms. The average Bonchev–Trinajstić information content (AvgIpc) is 2.09. The zero-order valence-corrected chi connectivity index (χ0v) is 7.84. The highest BCUT2D eigenvalue weighted by Crippen LogP contribution is 2.15. The van der Waals surface area contributed by atoms with Gasteiger partial charge in [0.1, 0.15) is 0 Å².